The standard InChI is InChI=1S/C16H18N2/c1-11(2)18-12(3)13-8-6-10-17-16(13)14-7-4-5-9-15(14)18/h4-12H,1-3H3. The lowest BCUT2D eigenvalue weighted by Crippen LogP contribution is -2.36. The van der Waals surface area contributed by atoms with Gasteiger partial charge in [0.25, 0.3) is 0 Å². The zero-order valence-corrected chi connectivity index (χ0v) is 11.1. The van der Waals surface area contributed by atoms with Crippen molar-refractivity contribution in [3.63, 3.8) is 0 Å². The fourth-order valence-corrected chi connectivity index (χ4v) is 2.96. The van der Waals surface area contributed by atoms with Crippen LogP contribution in [-0.4, -0.2) is 11.0 Å². The number of rotatable bonds is 1. The van der Waals surface area contributed by atoms with Crippen LogP contribution in [0.15, 0.2) is 42.6 Å². The van der Waals surface area contributed by atoms with E-state index in [1.165, 1.54) is 16.8 Å². The molecule has 2 nitrogen and oxygen atoms in total. The average Bonchev–Trinajstić information content (AvgIpc) is 2.39. The summed E-state index contributed by atoms with van der Waals surface area (Å²) in [5.41, 5.74) is 5.01. The van der Waals surface area contributed by atoms with Crippen molar-refractivity contribution in [3.8, 4) is 11.3 Å². The van der Waals surface area contributed by atoms with E-state index in [1.807, 2.05) is 12.3 Å². The van der Waals surface area contributed by atoms with E-state index < -0.39 is 0 Å². The minimum Gasteiger partial charge on any atom is -0.362 e. The summed E-state index contributed by atoms with van der Waals surface area (Å²) in [7, 11) is 0. The van der Waals surface area contributed by atoms with Crippen LogP contribution in [0.25, 0.3) is 11.3 Å². The minimum atomic E-state index is 0.378. The fraction of sp³-hybridized carbons (Fsp3) is 0.312. The third-order valence-electron chi connectivity index (χ3n) is 3.70. The molecular weight excluding hydrogens is 220 g/mol. The number of nitrogens with zero attached hydrogens (tertiary/aromatic N) is 2. The summed E-state index contributed by atoms with van der Waals surface area (Å²) < 4.78 is 0. The predicted molar refractivity (Wildman–Crippen MR) is 75.7 cm³/mol. The van der Waals surface area contributed by atoms with Gasteiger partial charge in [0.2, 0.25) is 0 Å². The zero-order chi connectivity index (χ0) is 12.7. The van der Waals surface area contributed by atoms with Gasteiger partial charge in [-0.3, -0.25) is 4.98 Å². The van der Waals surface area contributed by atoms with Crippen molar-refractivity contribution >= 4 is 5.69 Å². The van der Waals surface area contributed by atoms with Crippen molar-refractivity contribution in [2.45, 2.75) is 32.9 Å². The molecule has 18 heavy (non-hydrogen) atoms. The SMILES string of the molecule is CC(C)N1c2ccccc2-c2ncccc2C1C. The Hall–Kier alpha value is -1.83. The van der Waals surface area contributed by atoms with Crippen LogP contribution in [0.1, 0.15) is 32.4 Å². The van der Waals surface area contributed by atoms with Gasteiger partial charge < -0.3 is 4.90 Å². The molecule has 2 heterocycles. The third kappa shape index (κ3) is 1.52. The van der Waals surface area contributed by atoms with Crippen LogP contribution in [0.5, 0.6) is 0 Å². The topological polar surface area (TPSA) is 16.1 Å². The summed E-state index contributed by atoms with van der Waals surface area (Å²) in [6, 6.07) is 13.6. The van der Waals surface area contributed by atoms with Gasteiger partial charge in [0, 0.05) is 29.1 Å². The van der Waals surface area contributed by atoms with Crippen LogP contribution in [0.3, 0.4) is 0 Å². The average molecular weight is 238 g/mol. The van der Waals surface area contributed by atoms with Crippen molar-refractivity contribution in [1.82, 2.24) is 4.98 Å². The van der Waals surface area contributed by atoms with Crippen molar-refractivity contribution in [2.75, 3.05) is 4.90 Å². The van der Waals surface area contributed by atoms with Crippen molar-refractivity contribution in [2.24, 2.45) is 0 Å². The van der Waals surface area contributed by atoms with E-state index in [-0.39, 0.29) is 0 Å². The molecule has 0 bridgehead atoms. The highest BCUT2D eigenvalue weighted by molar-refractivity contribution is 5.82. The number of pyridine rings is 1. The van der Waals surface area contributed by atoms with E-state index in [9.17, 15) is 0 Å². The minimum absolute atomic E-state index is 0.378. The summed E-state index contributed by atoms with van der Waals surface area (Å²) in [5.74, 6) is 0. The monoisotopic (exact) mass is 238 g/mol. The van der Waals surface area contributed by atoms with Crippen molar-refractivity contribution in [1.29, 1.82) is 0 Å². The first kappa shape index (κ1) is 11.3. The Morgan fingerprint density at radius 2 is 1.89 bits per heavy atom. The highest BCUT2D eigenvalue weighted by Gasteiger charge is 2.29. The second-order valence-electron chi connectivity index (χ2n) is 5.14. The molecule has 3 rings (SSSR count). The van der Waals surface area contributed by atoms with E-state index >= 15 is 0 Å². The number of fused-ring (bicyclic) bond motifs is 3. The molecule has 0 amide bonds. The molecule has 0 saturated carbocycles. The molecule has 1 unspecified atom stereocenters. The van der Waals surface area contributed by atoms with Gasteiger partial charge in [0.15, 0.2) is 0 Å². The largest absolute Gasteiger partial charge is 0.362 e. The van der Waals surface area contributed by atoms with Gasteiger partial charge in [0.1, 0.15) is 0 Å². The molecule has 1 aromatic heterocycles. The number of benzene rings is 1. The summed E-state index contributed by atoms with van der Waals surface area (Å²) in [5, 5.41) is 0. The lowest BCUT2D eigenvalue weighted by Gasteiger charge is -2.40. The van der Waals surface area contributed by atoms with Gasteiger partial charge in [-0.1, -0.05) is 24.3 Å². The third-order valence-corrected chi connectivity index (χ3v) is 3.70. The van der Waals surface area contributed by atoms with E-state index in [0.29, 0.717) is 12.1 Å². The predicted octanol–water partition coefficient (Wildman–Crippen LogP) is 4.04. The van der Waals surface area contributed by atoms with Crippen molar-refractivity contribution < 1.29 is 0 Å². The number of para-hydroxylation sites is 1. The lowest BCUT2D eigenvalue weighted by molar-refractivity contribution is 0.591. The molecule has 0 saturated heterocycles. The molecule has 0 radical (unpaired) electrons. The Morgan fingerprint density at radius 1 is 1.11 bits per heavy atom. The molecule has 92 valence electrons. The highest BCUT2D eigenvalue weighted by Crippen LogP contribution is 2.43. The zero-order valence-electron chi connectivity index (χ0n) is 11.1. The smallest absolute Gasteiger partial charge is 0.0775 e. The molecule has 1 aliphatic rings. The van der Waals surface area contributed by atoms with Crippen LogP contribution < -0.4 is 4.90 Å². The molecule has 1 aromatic carbocycles. The van der Waals surface area contributed by atoms with Crippen LogP contribution >= 0.6 is 0 Å². The first-order valence-electron chi connectivity index (χ1n) is 6.53. The molecule has 0 fully saturated rings. The Bertz CT molecular complexity index is 575. The number of anilines is 1. The summed E-state index contributed by atoms with van der Waals surface area (Å²) in [6.07, 6.45) is 1.88. The molecule has 2 heteroatoms. The molecular formula is C16H18N2. The second-order valence-corrected chi connectivity index (χ2v) is 5.14. The quantitative estimate of drug-likeness (QED) is 0.745. The van der Waals surface area contributed by atoms with E-state index in [4.69, 9.17) is 0 Å². The maximum absolute atomic E-state index is 4.58. The van der Waals surface area contributed by atoms with Crippen LogP contribution in [0.2, 0.25) is 0 Å². The van der Waals surface area contributed by atoms with Gasteiger partial charge in [-0.05, 0) is 32.9 Å². The second kappa shape index (κ2) is 4.13. The van der Waals surface area contributed by atoms with Crippen LogP contribution in [0.4, 0.5) is 5.69 Å². The van der Waals surface area contributed by atoms with Gasteiger partial charge in [0.05, 0.1) is 11.7 Å². The molecule has 1 aliphatic heterocycles. The summed E-state index contributed by atoms with van der Waals surface area (Å²) in [4.78, 5) is 7.05. The van der Waals surface area contributed by atoms with Gasteiger partial charge in [-0.25, -0.2) is 0 Å². The highest BCUT2D eigenvalue weighted by atomic mass is 15.2. The molecule has 0 aliphatic carbocycles. The number of hydrogen-bond acceptors (Lipinski definition) is 2. The van der Waals surface area contributed by atoms with Gasteiger partial charge in [-0.15, -0.1) is 0 Å². The Balaban J connectivity index is 2.28. The van der Waals surface area contributed by atoms with E-state index in [1.54, 1.807) is 0 Å². The van der Waals surface area contributed by atoms with E-state index in [2.05, 4.69) is 61.0 Å². The number of aromatic nitrogens is 1. The molecule has 2 aromatic rings. The fourth-order valence-electron chi connectivity index (χ4n) is 2.96. The van der Waals surface area contributed by atoms with Crippen LogP contribution in [0, 0.1) is 0 Å². The maximum atomic E-state index is 4.58. The van der Waals surface area contributed by atoms with E-state index in [0.717, 1.165) is 5.69 Å². The normalized spacial score (nSPS) is 17.6. The Kier molecular flexibility index (Phi) is 2.58. The Labute approximate surface area is 108 Å². The first-order chi connectivity index (χ1) is 8.70. The molecule has 1 atom stereocenters. The Morgan fingerprint density at radius 3 is 2.67 bits per heavy atom. The lowest BCUT2D eigenvalue weighted by atomic mass is 9.92. The number of hydrogen-bond donors (Lipinski definition) is 0. The molecule has 0 N–H and O–H groups in total. The molecule has 0 spiro atoms. The van der Waals surface area contributed by atoms with Crippen LogP contribution in [-0.2, 0) is 0 Å². The summed E-state index contributed by atoms with van der Waals surface area (Å²) in [6.45, 7) is 6.75. The van der Waals surface area contributed by atoms with Gasteiger partial charge in [-0.2, -0.15) is 0 Å². The first-order valence-corrected chi connectivity index (χ1v) is 6.53. The van der Waals surface area contributed by atoms with Gasteiger partial charge >= 0.3 is 0 Å². The van der Waals surface area contributed by atoms with Crippen molar-refractivity contribution in [3.05, 3.63) is 48.2 Å². The maximum Gasteiger partial charge on any atom is 0.0775 e. The summed E-state index contributed by atoms with van der Waals surface area (Å²) >= 11 is 0.